The zero-order chi connectivity index (χ0) is 20.9. The van der Waals surface area contributed by atoms with Crippen molar-refractivity contribution in [3.05, 3.63) is 42.2 Å². The largest absolute Gasteiger partial charge is 0.379 e. The Kier molecular flexibility index (Phi) is 6.40. The van der Waals surface area contributed by atoms with Crippen LogP contribution in [0.4, 0.5) is 5.82 Å². The molecule has 0 amide bonds. The zero-order valence-corrected chi connectivity index (χ0v) is 17.8. The third kappa shape index (κ3) is 4.88. The van der Waals surface area contributed by atoms with E-state index in [2.05, 4.69) is 50.4 Å². The van der Waals surface area contributed by atoms with Crippen LogP contribution in [-0.4, -0.2) is 85.5 Å². The molecule has 0 spiro atoms. The van der Waals surface area contributed by atoms with Crippen molar-refractivity contribution in [2.45, 2.75) is 6.54 Å². The van der Waals surface area contributed by atoms with E-state index in [1.54, 1.807) is 0 Å². The summed E-state index contributed by atoms with van der Waals surface area (Å²) in [7, 11) is 0. The Labute approximate surface area is 182 Å². The number of H-pyrrole nitrogens is 1. The quantitative estimate of drug-likeness (QED) is 0.563. The minimum Gasteiger partial charge on any atom is -0.379 e. The fourth-order valence-electron chi connectivity index (χ4n) is 4.21. The lowest BCUT2D eigenvalue weighted by Crippen LogP contribution is -2.40. The van der Waals surface area contributed by atoms with Crippen LogP contribution in [0, 0.1) is 0 Å². The number of aromatic amines is 1. The van der Waals surface area contributed by atoms with E-state index in [1.165, 1.54) is 0 Å². The third-order valence-electron chi connectivity index (χ3n) is 5.95. The van der Waals surface area contributed by atoms with Gasteiger partial charge in [-0.3, -0.25) is 4.90 Å². The highest BCUT2D eigenvalue weighted by Crippen LogP contribution is 2.27. The summed E-state index contributed by atoms with van der Waals surface area (Å²) < 4.78 is 11.0. The van der Waals surface area contributed by atoms with Gasteiger partial charge in [-0.05, 0) is 12.1 Å². The van der Waals surface area contributed by atoms with Gasteiger partial charge in [-0.25, -0.2) is 9.97 Å². The zero-order valence-electron chi connectivity index (χ0n) is 17.8. The highest BCUT2D eigenvalue weighted by atomic mass is 16.5. The predicted molar refractivity (Wildman–Crippen MR) is 121 cm³/mol. The lowest BCUT2D eigenvalue weighted by molar-refractivity contribution is 0.0384. The molecule has 0 saturated carbocycles. The minimum absolute atomic E-state index is 0.723. The van der Waals surface area contributed by atoms with Gasteiger partial charge in [-0.1, -0.05) is 12.1 Å². The van der Waals surface area contributed by atoms with Crippen LogP contribution in [0.15, 0.2) is 36.5 Å². The summed E-state index contributed by atoms with van der Waals surface area (Å²) >= 11 is 0. The molecule has 2 aliphatic rings. The highest BCUT2D eigenvalue weighted by Gasteiger charge is 2.17. The Bertz CT molecular complexity index is 995. The van der Waals surface area contributed by atoms with Crippen LogP contribution in [0.5, 0.6) is 0 Å². The number of hydrogen-bond donors (Lipinski definition) is 2. The van der Waals surface area contributed by atoms with Crippen LogP contribution < -0.4 is 10.2 Å². The maximum absolute atomic E-state index is 5.54. The molecule has 8 nitrogen and oxygen atoms in total. The van der Waals surface area contributed by atoms with Crippen LogP contribution in [0.1, 0.15) is 5.69 Å². The molecule has 2 N–H and O–H groups in total. The number of aromatic nitrogens is 3. The number of morpholine rings is 2. The van der Waals surface area contributed by atoms with E-state index in [4.69, 9.17) is 19.4 Å². The van der Waals surface area contributed by atoms with Gasteiger partial charge >= 0.3 is 0 Å². The maximum Gasteiger partial charge on any atom is 0.162 e. The molecule has 2 saturated heterocycles. The van der Waals surface area contributed by atoms with Crippen molar-refractivity contribution in [1.82, 2.24) is 25.2 Å². The van der Waals surface area contributed by atoms with Gasteiger partial charge in [0.15, 0.2) is 5.82 Å². The topological polar surface area (TPSA) is 78.5 Å². The van der Waals surface area contributed by atoms with E-state index in [1.807, 2.05) is 6.20 Å². The lowest BCUT2D eigenvalue weighted by atomic mass is 10.1. The van der Waals surface area contributed by atoms with E-state index in [-0.39, 0.29) is 0 Å². The number of rotatable bonds is 7. The van der Waals surface area contributed by atoms with Crippen LogP contribution >= 0.6 is 0 Å². The first-order chi connectivity index (χ1) is 15.4. The van der Waals surface area contributed by atoms with Gasteiger partial charge in [-0.2, -0.15) is 0 Å². The fraction of sp³-hybridized carbons (Fsp3) is 0.478. The SMILES string of the molecule is c1cc(-c2nc(CNCCN3CCOCC3)cc(N3CCOCC3)n2)c2cc[nH]c2c1. The Morgan fingerprint density at radius 2 is 1.77 bits per heavy atom. The normalized spacial score (nSPS) is 18.0. The van der Waals surface area contributed by atoms with E-state index in [9.17, 15) is 0 Å². The summed E-state index contributed by atoms with van der Waals surface area (Å²) in [5.74, 6) is 1.75. The molecule has 0 unspecified atom stereocenters. The van der Waals surface area contributed by atoms with Crippen LogP contribution in [0.2, 0.25) is 0 Å². The minimum atomic E-state index is 0.723. The van der Waals surface area contributed by atoms with Gasteiger partial charge in [-0.15, -0.1) is 0 Å². The van der Waals surface area contributed by atoms with Gasteiger partial charge in [0.2, 0.25) is 0 Å². The molecule has 0 bridgehead atoms. The molecule has 164 valence electrons. The van der Waals surface area contributed by atoms with Gasteiger partial charge < -0.3 is 24.7 Å². The first-order valence-corrected chi connectivity index (χ1v) is 11.1. The molecular formula is C23H30N6O2. The van der Waals surface area contributed by atoms with Crippen molar-refractivity contribution in [2.24, 2.45) is 0 Å². The first kappa shape index (κ1) is 20.4. The van der Waals surface area contributed by atoms with Crippen molar-refractivity contribution in [3.63, 3.8) is 0 Å². The molecule has 0 atom stereocenters. The van der Waals surface area contributed by atoms with Crippen LogP contribution in [-0.2, 0) is 16.0 Å². The summed E-state index contributed by atoms with van der Waals surface area (Å²) in [6.07, 6.45) is 1.97. The standard InChI is InChI=1S/C23H30N6O2/c1-2-20(19-4-5-25-21(19)3-1)23-26-18(16-22(27-23)29-10-14-31-15-11-29)17-24-6-7-28-8-12-30-13-9-28/h1-5,16,24-25H,6-15,17H2. The molecule has 2 aliphatic heterocycles. The molecule has 2 fully saturated rings. The molecular weight excluding hydrogens is 392 g/mol. The van der Waals surface area contributed by atoms with Crippen molar-refractivity contribution in [2.75, 3.05) is 70.6 Å². The predicted octanol–water partition coefficient (Wildman–Crippen LogP) is 1.88. The van der Waals surface area contributed by atoms with E-state index in [0.29, 0.717) is 0 Å². The average molecular weight is 423 g/mol. The second-order valence-corrected chi connectivity index (χ2v) is 8.02. The molecule has 31 heavy (non-hydrogen) atoms. The second-order valence-electron chi connectivity index (χ2n) is 8.02. The smallest absolute Gasteiger partial charge is 0.162 e. The molecule has 1 aromatic carbocycles. The van der Waals surface area contributed by atoms with Crippen molar-refractivity contribution in [3.8, 4) is 11.4 Å². The van der Waals surface area contributed by atoms with Gasteiger partial charge in [0.1, 0.15) is 5.82 Å². The van der Waals surface area contributed by atoms with E-state index < -0.39 is 0 Å². The summed E-state index contributed by atoms with van der Waals surface area (Å²) in [4.78, 5) is 17.9. The lowest BCUT2D eigenvalue weighted by Gasteiger charge is -2.28. The summed E-state index contributed by atoms with van der Waals surface area (Å²) in [6.45, 7) is 9.57. The van der Waals surface area contributed by atoms with E-state index >= 15 is 0 Å². The van der Waals surface area contributed by atoms with E-state index in [0.717, 1.165) is 106 Å². The number of ether oxygens (including phenoxy) is 2. The highest BCUT2D eigenvalue weighted by molar-refractivity contribution is 5.93. The Hall–Kier alpha value is -2.52. The number of hydrogen-bond acceptors (Lipinski definition) is 7. The van der Waals surface area contributed by atoms with Crippen LogP contribution in [0.25, 0.3) is 22.3 Å². The second kappa shape index (κ2) is 9.74. The Morgan fingerprint density at radius 1 is 0.968 bits per heavy atom. The number of nitrogens with one attached hydrogen (secondary N) is 2. The summed E-state index contributed by atoms with van der Waals surface area (Å²) in [5.41, 5.74) is 3.17. The number of anilines is 1. The van der Waals surface area contributed by atoms with Crippen molar-refractivity contribution < 1.29 is 9.47 Å². The first-order valence-electron chi connectivity index (χ1n) is 11.1. The van der Waals surface area contributed by atoms with Gasteiger partial charge in [0.25, 0.3) is 0 Å². The Balaban J connectivity index is 1.36. The Morgan fingerprint density at radius 3 is 2.61 bits per heavy atom. The molecule has 8 heteroatoms. The molecule has 5 rings (SSSR count). The molecule has 3 aromatic rings. The van der Waals surface area contributed by atoms with Crippen molar-refractivity contribution in [1.29, 1.82) is 0 Å². The summed E-state index contributed by atoms with van der Waals surface area (Å²) in [6, 6.07) is 10.5. The molecule has 0 radical (unpaired) electrons. The fourth-order valence-corrected chi connectivity index (χ4v) is 4.21. The number of nitrogens with zero attached hydrogens (tertiary/aromatic N) is 4. The number of benzene rings is 1. The average Bonchev–Trinajstić information content (AvgIpc) is 3.32. The van der Waals surface area contributed by atoms with Crippen LogP contribution in [0.3, 0.4) is 0 Å². The molecule has 2 aromatic heterocycles. The molecule has 4 heterocycles. The number of fused-ring (bicyclic) bond motifs is 1. The molecule has 0 aliphatic carbocycles. The monoisotopic (exact) mass is 422 g/mol. The summed E-state index contributed by atoms with van der Waals surface area (Å²) in [5, 5.41) is 4.71. The third-order valence-corrected chi connectivity index (χ3v) is 5.95. The van der Waals surface area contributed by atoms with Crippen molar-refractivity contribution >= 4 is 16.7 Å². The maximum atomic E-state index is 5.54. The van der Waals surface area contributed by atoms with Gasteiger partial charge in [0.05, 0.1) is 32.1 Å². The van der Waals surface area contributed by atoms with Gasteiger partial charge in [0, 0.05) is 74.5 Å².